The maximum absolute atomic E-state index is 15.2. The second kappa shape index (κ2) is 33.8. The van der Waals surface area contributed by atoms with Crippen LogP contribution >= 0.6 is 0 Å². The van der Waals surface area contributed by atoms with Gasteiger partial charge in [0.25, 0.3) is 11.8 Å². The number of carbonyl (C=O) groups excluding carboxylic acids is 11. The summed E-state index contributed by atoms with van der Waals surface area (Å²) in [6, 6.07) is -3.97. The summed E-state index contributed by atoms with van der Waals surface area (Å²) in [7, 11) is 4.30. The van der Waals surface area contributed by atoms with E-state index in [2.05, 4.69) is 33.2 Å². The highest BCUT2D eigenvalue weighted by Gasteiger charge is 2.46. The van der Waals surface area contributed by atoms with Gasteiger partial charge in [0.05, 0.1) is 25.7 Å². The van der Waals surface area contributed by atoms with Crippen molar-refractivity contribution in [2.24, 2.45) is 29.6 Å². The van der Waals surface area contributed by atoms with Gasteiger partial charge < -0.3 is 70.2 Å². The van der Waals surface area contributed by atoms with Crippen LogP contribution < -0.4 is 31.3 Å². The number of aliphatic hydroxyl groups is 1. The minimum atomic E-state index is -1.79. The van der Waals surface area contributed by atoms with E-state index in [0.717, 1.165) is 0 Å². The Hall–Kier alpha value is -7.31. The molecule has 508 valence electrons. The Labute approximate surface area is 536 Å². The average Bonchev–Trinajstić information content (AvgIpc) is 1.83. The van der Waals surface area contributed by atoms with E-state index in [0.29, 0.717) is 49.1 Å². The number of ether oxygens (including phenoxy) is 4. The second-order valence-electron chi connectivity index (χ2n) is 26.8. The van der Waals surface area contributed by atoms with E-state index in [4.69, 9.17) is 18.9 Å². The summed E-state index contributed by atoms with van der Waals surface area (Å²) < 4.78 is 23.1. The van der Waals surface area contributed by atoms with E-state index >= 15 is 14.4 Å². The van der Waals surface area contributed by atoms with Crippen molar-refractivity contribution in [3.8, 4) is 5.75 Å². The molecule has 14 atom stereocenters. The second-order valence-corrected chi connectivity index (χ2v) is 26.8. The zero-order chi connectivity index (χ0) is 67.9. The molecule has 1 aromatic carbocycles. The van der Waals surface area contributed by atoms with Crippen molar-refractivity contribution in [1.29, 1.82) is 0 Å². The van der Waals surface area contributed by atoms with Crippen LogP contribution in [-0.2, 0) is 73.4 Å². The number of nitrogens with zero attached hydrogens (tertiary/aromatic N) is 4. The van der Waals surface area contributed by atoms with Gasteiger partial charge in [-0.25, -0.2) is 9.59 Å². The van der Waals surface area contributed by atoms with Crippen LogP contribution in [0, 0.1) is 29.6 Å². The largest absolute Gasteiger partial charge is 0.497 e. The van der Waals surface area contributed by atoms with Crippen LogP contribution in [0.4, 0.5) is 0 Å². The lowest BCUT2D eigenvalue weighted by Crippen LogP contribution is -2.62. The summed E-state index contributed by atoms with van der Waals surface area (Å²) in [4.78, 5) is 164. The molecular weight excluding hydrogens is 1170 g/mol. The highest BCUT2D eigenvalue weighted by Crippen LogP contribution is 2.28. The van der Waals surface area contributed by atoms with Gasteiger partial charge in [0.2, 0.25) is 35.4 Å². The zero-order valence-electron chi connectivity index (χ0n) is 56.2. The number of cyclic esters (lactones) is 2. The molecule has 0 aliphatic carbocycles. The zero-order valence-corrected chi connectivity index (χ0v) is 56.2. The van der Waals surface area contributed by atoms with Crippen molar-refractivity contribution in [2.45, 2.75) is 239 Å². The van der Waals surface area contributed by atoms with Crippen molar-refractivity contribution in [2.75, 3.05) is 34.3 Å². The molecule has 4 heterocycles. The number of carbonyl (C=O) groups is 11. The van der Waals surface area contributed by atoms with Crippen LogP contribution in [0.25, 0.3) is 0 Å². The standard InChI is InChI=1S/C66H103N9O16/c1-17-39(10)54-52(76)34-53(77)91-56(38(8)9)60(81)68-46(30-35(2)3)62(83)75-29-19-21-49(75)64(85)73(15)51(33-43-23-25-44(88-16)26-24-43)66(87)89-41(12)55(59(80)70-54)71-58(79)50(32-37(6)7)72(14)63(84)48-20-18-28-74(48)61(82)42(13)90-65(86)47(31-36(4)5)69-57(78)45-27-22-40(11)67-45/h23-26,35-39,41-42,45-52,54-56,67,76H,11,17-22,27-34H2,1-10,12-16H3,(H,68,81)(H,69,78)(H,70,80)(H,71,79)/t39-,41-,42-,45?,46-,47+,48-,49-,50+,51-,52-,54-,55+,56-/m0/s1. The number of hydrogen-bond donors (Lipinski definition) is 6. The van der Waals surface area contributed by atoms with Gasteiger partial charge in [-0.05, 0) is 119 Å². The van der Waals surface area contributed by atoms with Gasteiger partial charge in [0, 0.05) is 39.3 Å². The molecule has 4 aliphatic heterocycles. The first-order valence-electron chi connectivity index (χ1n) is 32.5. The van der Waals surface area contributed by atoms with Crippen LogP contribution in [0.3, 0.4) is 0 Å². The molecule has 5 rings (SSSR count). The first kappa shape index (κ1) is 74.4. The predicted molar refractivity (Wildman–Crippen MR) is 337 cm³/mol. The molecule has 0 saturated carbocycles. The lowest BCUT2D eigenvalue weighted by atomic mass is 9.92. The number of esters is 3. The first-order chi connectivity index (χ1) is 42.8. The normalized spacial score (nSPS) is 26.4. The number of methoxy groups -OCH3 is 1. The summed E-state index contributed by atoms with van der Waals surface area (Å²) in [5.41, 5.74) is 1.28. The number of aliphatic hydroxyl groups excluding tert-OH is 1. The smallest absolute Gasteiger partial charge is 0.329 e. The third-order valence-electron chi connectivity index (χ3n) is 17.7. The fraction of sp³-hybridized carbons (Fsp3) is 0.712. The Bertz CT molecular complexity index is 2760. The number of fused-ring (bicyclic) bond motifs is 1. The van der Waals surface area contributed by atoms with E-state index in [1.165, 1.54) is 54.7 Å². The van der Waals surface area contributed by atoms with Gasteiger partial charge in [-0.3, -0.25) is 43.2 Å². The Morgan fingerprint density at radius 1 is 0.824 bits per heavy atom. The minimum Gasteiger partial charge on any atom is -0.497 e. The lowest BCUT2D eigenvalue weighted by molar-refractivity contribution is -0.163. The molecule has 4 saturated heterocycles. The predicted octanol–water partition coefficient (Wildman–Crippen LogP) is 3.46. The number of benzene rings is 1. The summed E-state index contributed by atoms with van der Waals surface area (Å²) >= 11 is 0. The Morgan fingerprint density at radius 2 is 1.47 bits per heavy atom. The molecule has 0 bridgehead atoms. The number of likely N-dealkylation sites (N-methyl/N-ethyl adjacent to an activating group) is 2. The first-order valence-corrected chi connectivity index (χ1v) is 32.5. The van der Waals surface area contributed by atoms with Gasteiger partial charge in [-0.15, -0.1) is 0 Å². The van der Waals surface area contributed by atoms with Gasteiger partial charge >= 0.3 is 17.9 Å². The quantitative estimate of drug-likeness (QED) is 0.0758. The van der Waals surface area contributed by atoms with Crippen LogP contribution in [0.1, 0.15) is 159 Å². The minimum absolute atomic E-state index is 0.0279. The van der Waals surface area contributed by atoms with E-state index < -0.39 is 162 Å². The molecule has 6 N–H and O–H groups in total. The average molecular weight is 1280 g/mol. The summed E-state index contributed by atoms with van der Waals surface area (Å²) in [5.74, 6) is -9.35. The maximum Gasteiger partial charge on any atom is 0.329 e. The lowest BCUT2D eigenvalue weighted by Gasteiger charge is -2.36. The van der Waals surface area contributed by atoms with E-state index in [1.807, 2.05) is 41.5 Å². The molecule has 0 aromatic heterocycles. The summed E-state index contributed by atoms with van der Waals surface area (Å²) in [6.07, 6.45) is -3.78. The number of amides is 8. The molecule has 25 nitrogen and oxygen atoms in total. The van der Waals surface area contributed by atoms with Gasteiger partial charge in [-0.2, -0.15) is 0 Å². The van der Waals surface area contributed by atoms with E-state index in [-0.39, 0.29) is 69.4 Å². The Morgan fingerprint density at radius 3 is 2.05 bits per heavy atom. The molecule has 4 fully saturated rings. The molecular formula is C66H103N9O16. The molecule has 4 aliphatic rings. The third-order valence-corrected chi connectivity index (χ3v) is 17.7. The van der Waals surface area contributed by atoms with E-state index in [1.54, 1.807) is 52.0 Å². The third kappa shape index (κ3) is 20.1. The van der Waals surface area contributed by atoms with Gasteiger partial charge in [-0.1, -0.05) is 94.4 Å². The van der Waals surface area contributed by atoms with Gasteiger partial charge in [0.15, 0.2) is 12.2 Å². The molecule has 25 heteroatoms. The molecule has 1 aromatic rings. The number of hydrogen-bond acceptors (Lipinski definition) is 17. The van der Waals surface area contributed by atoms with Gasteiger partial charge in [0.1, 0.15) is 60.2 Å². The molecule has 8 amide bonds. The SMILES string of the molecule is C=C1CCC(C(=O)N[C@H](CC(C)C)C(=O)O[C@@H](C)C(=O)N2CCC[C@H]2C(=O)N(C)[C@H](CC(C)C)C(=O)N[C@H]2C(=O)N[C@@H]([C@@H](C)CC)[C@@H](O)CC(=O)O[C@@H](C(C)C)C(=O)N[C@@H](CC(C)C)C(=O)N3CCC[C@H]3C(=O)N(C)[C@@H](Cc3ccc(OC)cc3)C(=O)O[C@H]2C)N1. The number of rotatable bonds is 21. The maximum atomic E-state index is 15.2. The van der Waals surface area contributed by atoms with E-state index in [9.17, 15) is 43.5 Å². The molecule has 91 heavy (non-hydrogen) atoms. The number of likely N-dealkylation sites (tertiary alicyclic amines) is 1. The monoisotopic (exact) mass is 1280 g/mol. The summed E-state index contributed by atoms with van der Waals surface area (Å²) in [6.45, 7) is 24.8. The fourth-order valence-corrected chi connectivity index (χ4v) is 12.2. The number of nitrogens with one attached hydrogen (secondary N) is 5. The fourth-order valence-electron chi connectivity index (χ4n) is 12.2. The van der Waals surface area contributed by atoms with Crippen LogP contribution in [0.2, 0.25) is 0 Å². The van der Waals surface area contributed by atoms with Crippen molar-refractivity contribution in [1.82, 2.24) is 46.2 Å². The molecule has 0 spiro atoms. The Kier molecular flexibility index (Phi) is 27.7. The van der Waals surface area contributed by atoms with Crippen LogP contribution in [-0.4, -0.2) is 203 Å². The highest BCUT2D eigenvalue weighted by atomic mass is 16.6. The molecule has 1 unspecified atom stereocenters. The van der Waals surface area contributed by atoms with Crippen molar-refractivity contribution >= 4 is 65.2 Å². The highest BCUT2D eigenvalue weighted by molar-refractivity contribution is 5.97. The van der Waals surface area contributed by atoms with Crippen molar-refractivity contribution < 1.29 is 76.8 Å². The van der Waals surface area contributed by atoms with Crippen LogP contribution in [0.15, 0.2) is 36.5 Å². The topological polar surface area (TPSA) is 318 Å². The molecule has 0 radical (unpaired) electrons. The Balaban J connectivity index is 1.52. The number of allylic oxidation sites excluding steroid dienone is 1. The van der Waals surface area contributed by atoms with Crippen molar-refractivity contribution in [3.05, 3.63) is 42.1 Å². The van der Waals surface area contributed by atoms with Crippen LogP contribution in [0.5, 0.6) is 5.75 Å². The summed E-state index contributed by atoms with van der Waals surface area (Å²) in [5, 5.41) is 26.1. The van der Waals surface area contributed by atoms with Crippen molar-refractivity contribution in [3.63, 3.8) is 0 Å².